The first-order valence-corrected chi connectivity index (χ1v) is 8.89. The van der Waals surface area contributed by atoms with E-state index in [1.54, 1.807) is 31.4 Å². The first-order chi connectivity index (χ1) is 13.6. The number of anilines is 4. The summed E-state index contributed by atoms with van der Waals surface area (Å²) in [6.45, 7) is 2.04. The van der Waals surface area contributed by atoms with Crippen molar-refractivity contribution in [3.8, 4) is 0 Å². The van der Waals surface area contributed by atoms with Gasteiger partial charge in [0, 0.05) is 46.8 Å². The average molecular weight is 372 g/mol. The molecule has 0 unspecified atom stereocenters. The number of carbonyl (C=O) groups excluding carboxylic acids is 1. The van der Waals surface area contributed by atoms with Crippen molar-refractivity contribution in [2.75, 3.05) is 17.7 Å². The van der Waals surface area contributed by atoms with E-state index in [1.807, 2.05) is 31.2 Å². The molecule has 4 N–H and O–H groups in total. The Labute approximate surface area is 162 Å². The number of aryl methyl sites for hydroxylation is 1. The number of aromatic nitrogens is 3. The highest BCUT2D eigenvalue weighted by Gasteiger charge is 2.06. The molecule has 0 bridgehead atoms. The van der Waals surface area contributed by atoms with Crippen molar-refractivity contribution < 1.29 is 4.79 Å². The number of H-pyrrole nitrogens is 1. The molecule has 7 nitrogen and oxygen atoms in total. The van der Waals surface area contributed by atoms with Crippen LogP contribution in [0.25, 0.3) is 10.9 Å². The molecule has 0 saturated heterocycles. The molecule has 0 fully saturated rings. The molecule has 0 saturated carbocycles. The Hall–Kier alpha value is -3.87. The van der Waals surface area contributed by atoms with Crippen LogP contribution in [0.3, 0.4) is 0 Å². The molecular formula is C21H20N6O. The molecule has 1 amide bonds. The number of nitrogens with zero attached hydrogens (tertiary/aromatic N) is 2. The van der Waals surface area contributed by atoms with E-state index in [9.17, 15) is 4.79 Å². The van der Waals surface area contributed by atoms with E-state index in [0.29, 0.717) is 17.3 Å². The second-order valence-corrected chi connectivity index (χ2v) is 6.43. The van der Waals surface area contributed by atoms with Gasteiger partial charge in [-0.3, -0.25) is 4.79 Å². The Morgan fingerprint density at radius 1 is 1.00 bits per heavy atom. The lowest BCUT2D eigenvalue weighted by Gasteiger charge is -2.09. The zero-order chi connectivity index (χ0) is 19.5. The van der Waals surface area contributed by atoms with Crippen LogP contribution in [0, 0.1) is 6.92 Å². The molecule has 4 rings (SSSR count). The minimum atomic E-state index is -0.143. The largest absolute Gasteiger partial charge is 0.359 e. The number of aromatic amines is 1. The number of carbonyl (C=O) groups is 1. The van der Waals surface area contributed by atoms with E-state index in [-0.39, 0.29) is 5.91 Å². The van der Waals surface area contributed by atoms with Crippen LogP contribution in [-0.2, 0) is 0 Å². The number of benzene rings is 2. The van der Waals surface area contributed by atoms with Crippen molar-refractivity contribution in [2.45, 2.75) is 6.92 Å². The van der Waals surface area contributed by atoms with Crippen LogP contribution in [0.1, 0.15) is 16.1 Å². The van der Waals surface area contributed by atoms with Crippen LogP contribution in [-0.4, -0.2) is 27.9 Å². The van der Waals surface area contributed by atoms with Gasteiger partial charge in [0.2, 0.25) is 5.95 Å². The molecule has 2 heterocycles. The van der Waals surface area contributed by atoms with Crippen LogP contribution in [0.4, 0.5) is 23.1 Å². The molecule has 0 spiro atoms. The van der Waals surface area contributed by atoms with Gasteiger partial charge in [-0.25, -0.2) is 4.98 Å². The molecule has 2 aromatic heterocycles. The highest BCUT2D eigenvalue weighted by molar-refractivity contribution is 5.95. The maximum absolute atomic E-state index is 11.8. The summed E-state index contributed by atoms with van der Waals surface area (Å²) in [5, 5.41) is 10.2. The van der Waals surface area contributed by atoms with Crippen molar-refractivity contribution in [1.29, 1.82) is 0 Å². The third-order valence-electron chi connectivity index (χ3n) is 4.29. The van der Waals surface area contributed by atoms with Gasteiger partial charge >= 0.3 is 0 Å². The number of hydrogen-bond donors (Lipinski definition) is 4. The highest BCUT2D eigenvalue weighted by Crippen LogP contribution is 2.23. The van der Waals surface area contributed by atoms with E-state index < -0.39 is 0 Å². The molecule has 0 radical (unpaired) electrons. The molecule has 2 aromatic carbocycles. The summed E-state index contributed by atoms with van der Waals surface area (Å²) in [6.07, 6.45) is 1.68. The average Bonchev–Trinajstić information content (AvgIpc) is 3.07. The molecule has 7 heteroatoms. The SMILES string of the molecule is CNC(=O)c1cccc(Nc2nccc(Nc3ccc4[nH]c(C)cc4c3)n2)c1. The van der Waals surface area contributed by atoms with Crippen LogP contribution < -0.4 is 16.0 Å². The number of rotatable bonds is 5. The van der Waals surface area contributed by atoms with Gasteiger partial charge in [0.15, 0.2) is 0 Å². The van der Waals surface area contributed by atoms with E-state index >= 15 is 0 Å². The summed E-state index contributed by atoms with van der Waals surface area (Å²) in [5.41, 5.74) is 4.47. The van der Waals surface area contributed by atoms with Crippen molar-refractivity contribution in [3.63, 3.8) is 0 Å². The molecule has 0 aliphatic heterocycles. The van der Waals surface area contributed by atoms with Crippen molar-refractivity contribution in [3.05, 3.63) is 72.1 Å². The minimum Gasteiger partial charge on any atom is -0.359 e. The van der Waals surface area contributed by atoms with Crippen LogP contribution in [0.2, 0.25) is 0 Å². The maximum Gasteiger partial charge on any atom is 0.251 e. The van der Waals surface area contributed by atoms with Gasteiger partial charge in [-0.1, -0.05) is 6.07 Å². The molecular weight excluding hydrogens is 352 g/mol. The van der Waals surface area contributed by atoms with Crippen molar-refractivity contribution in [1.82, 2.24) is 20.3 Å². The van der Waals surface area contributed by atoms with Gasteiger partial charge in [0.1, 0.15) is 5.82 Å². The lowest BCUT2D eigenvalue weighted by Crippen LogP contribution is -2.17. The fourth-order valence-corrected chi connectivity index (χ4v) is 3.00. The lowest BCUT2D eigenvalue weighted by molar-refractivity contribution is 0.0963. The Morgan fingerprint density at radius 3 is 2.71 bits per heavy atom. The van der Waals surface area contributed by atoms with Crippen molar-refractivity contribution in [2.24, 2.45) is 0 Å². The zero-order valence-electron chi connectivity index (χ0n) is 15.6. The summed E-state index contributed by atoms with van der Waals surface area (Å²) in [4.78, 5) is 23.9. The predicted molar refractivity (Wildman–Crippen MR) is 111 cm³/mol. The summed E-state index contributed by atoms with van der Waals surface area (Å²) >= 11 is 0. The molecule has 4 aromatic rings. The molecule has 140 valence electrons. The van der Waals surface area contributed by atoms with Gasteiger partial charge in [-0.15, -0.1) is 0 Å². The summed E-state index contributed by atoms with van der Waals surface area (Å²) in [6, 6.07) is 17.2. The van der Waals surface area contributed by atoms with E-state index in [2.05, 4.69) is 43.0 Å². The second-order valence-electron chi connectivity index (χ2n) is 6.43. The predicted octanol–water partition coefficient (Wildman–Crippen LogP) is 4.11. The number of amides is 1. The topological polar surface area (TPSA) is 94.7 Å². The van der Waals surface area contributed by atoms with Crippen LogP contribution in [0.15, 0.2) is 60.8 Å². The number of fused-ring (bicyclic) bond motifs is 1. The summed E-state index contributed by atoms with van der Waals surface area (Å²) in [7, 11) is 1.60. The Morgan fingerprint density at radius 2 is 1.86 bits per heavy atom. The Kier molecular flexibility index (Phi) is 4.63. The van der Waals surface area contributed by atoms with E-state index in [1.165, 1.54) is 0 Å². The van der Waals surface area contributed by atoms with E-state index in [4.69, 9.17) is 0 Å². The Balaban J connectivity index is 1.53. The Bertz CT molecular complexity index is 1150. The quantitative estimate of drug-likeness (QED) is 0.423. The summed E-state index contributed by atoms with van der Waals surface area (Å²) in [5.74, 6) is 0.972. The van der Waals surface area contributed by atoms with Crippen LogP contribution in [0.5, 0.6) is 0 Å². The monoisotopic (exact) mass is 372 g/mol. The second kappa shape index (κ2) is 7.40. The van der Waals surface area contributed by atoms with Gasteiger partial charge in [-0.05, 0) is 55.5 Å². The molecule has 0 atom stereocenters. The highest BCUT2D eigenvalue weighted by atomic mass is 16.1. The maximum atomic E-state index is 11.8. The first kappa shape index (κ1) is 17.5. The van der Waals surface area contributed by atoms with Gasteiger partial charge < -0.3 is 20.9 Å². The van der Waals surface area contributed by atoms with Gasteiger partial charge in [-0.2, -0.15) is 4.98 Å². The fraction of sp³-hybridized carbons (Fsp3) is 0.0952. The lowest BCUT2D eigenvalue weighted by atomic mass is 10.2. The molecule has 0 aliphatic carbocycles. The third kappa shape index (κ3) is 3.78. The zero-order valence-corrected chi connectivity index (χ0v) is 15.6. The molecule has 0 aliphatic rings. The number of nitrogens with one attached hydrogen (secondary N) is 4. The van der Waals surface area contributed by atoms with Crippen molar-refractivity contribution >= 4 is 40.0 Å². The third-order valence-corrected chi connectivity index (χ3v) is 4.29. The summed E-state index contributed by atoms with van der Waals surface area (Å²) < 4.78 is 0. The molecule has 28 heavy (non-hydrogen) atoms. The van der Waals surface area contributed by atoms with Gasteiger partial charge in [0.05, 0.1) is 0 Å². The van der Waals surface area contributed by atoms with Crippen LogP contribution >= 0.6 is 0 Å². The van der Waals surface area contributed by atoms with E-state index in [0.717, 1.165) is 28.0 Å². The van der Waals surface area contributed by atoms with Gasteiger partial charge in [0.25, 0.3) is 5.91 Å². The minimum absolute atomic E-state index is 0.143. The normalized spacial score (nSPS) is 10.6. The fourth-order valence-electron chi connectivity index (χ4n) is 3.00. The first-order valence-electron chi connectivity index (χ1n) is 8.89. The smallest absolute Gasteiger partial charge is 0.251 e. The number of hydrogen-bond acceptors (Lipinski definition) is 5. The standard InChI is InChI=1S/C21H20N6O/c1-13-10-15-12-17(6-7-18(15)24-13)25-19-8-9-23-21(27-19)26-16-5-3-4-14(11-16)20(28)22-2/h3-12,24H,1-2H3,(H,22,28)(H2,23,25,26,27).